The maximum absolute atomic E-state index is 13.9. The molecular formula is C28H24N2O6. The second-order valence-electron chi connectivity index (χ2n) is 10.1. The van der Waals surface area contributed by atoms with E-state index >= 15 is 0 Å². The van der Waals surface area contributed by atoms with Gasteiger partial charge in [-0.05, 0) is 67.5 Å². The zero-order valence-electron chi connectivity index (χ0n) is 19.6. The lowest BCUT2D eigenvalue weighted by molar-refractivity contribution is -0.159. The largest absolute Gasteiger partial charge is 0.458 e. The van der Waals surface area contributed by atoms with Gasteiger partial charge in [0, 0.05) is 35.9 Å². The van der Waals surface area contributed by atoms with Crippen LogP contribution in [0.1, 0.15) is 59.2 Å². The molecule has 0 N–H and O–H groups in total. The lowest BCUT2D eigenvalue weighted by Crippen LogP contribution is -2.69. The molecule has 182 valence electrons. The average Bonchev–Trinajstić information content (AvgIpc) is 3.49. The number of para-hydroxylation sites is 1. The summed E-state index contributed by atoms with van der Waals surface area (Å²) in [4.78, 5) is 55.9. The lowest BCUT2D eigenvalue weighted by Gasteiger charge is -2.48. The number of hydrogen-bond donors (Lipinski definition) is 0. The highest BCUT2D eigenvalue weighted by atomic mass is 16.5. The molecule has 8 heteroatoms. The first-order valence-corrected chi connectivity index (χ1v) is 12.5. The van der Waals surface area contributed by atoms with Crippen LogP contribution in [0, 0.1) is 0 Å². The third-order valence-corrected chi connectivity index (χ3v) is 7.94. The van der Waals surface area contributed by atoms with Gasteiger partial charge in [0.25, 0.3) is 5.91 Å². The summed E-state index contributed by atoms with van der Waals surface area (Å²) in [5.41, 5.74) is 2.26. The van der Waals surface area contributed by atoms with Crippen molar-refractivity contribution in [2.24, 2.45) is 0 Å². The number of benzene rings is 2. The van der Waals surface area contributed by atoms with Crippen LogP contribution in [0.4, 0.5) is 5.69 Å². The number of anilines is 1. The topological polar surface area (TPSA) is 97.1 Å². The van der Waals surface area contributed by atoms with Crippen molar-refractivity contribution in [3.63, 3.8) is 0 Å². The van der Waals surface area contributed by atoms with Crippen molar-refractivity contribution in [2.45, 2.75) is 63.3 Å². The van der Waals surface area contributed by atoms with Crippen LogP contribution in [-0.4, -0.2) is 34.4 Å². The summed E-state index contributed by atoms with van der Waals surface area (Å²) in [6, 6.07) is 12.1. The number of carbonyl (C=O) groups excluding carboxylic acids is 3. The molecule has 1 aromatic heterocycles. The van der Waals surface area contributed by atoms with Gasteiger partial charge in [-0.3, -0.25) is 14.5 Å². The Morgan fingerprint density at radius 3 is 2.61 bits per heavy atom. The minimum absolute atomic E-state index is 0.112. The molecule has 3 heterocycles. The number of amides is 2. The number of aryl methyl sites for hydroxylation is 2. The molecule has 2 aliphatic heterocycles. The Bertz CT molecular complexity index is 1540. The Kier molecular flexibility index (Phi) is 4.46. The normalized spacial score (nSPS) is 22.6. The van der Waals surface area contributed by atoms with Crippen LogP contribution in [-0.2, 0) is 33.8 Å². The summed E-state index contributed by atoms with van der Waals surface area (Å²) in [6.07, 6.45) is 4.84. The molecule has 2 fully saturated rings. The van der Waals surface area contributed by atoms with Gasteiger partial charge in [-0.15, -0.1) is 0 Å². The first-order chi connectivity index (χ1) is 17.5. The van der Waals surface area contributed by atoms with Crippen molar-refractivity contribution in [2.75, 3.05) is 4.90 Å². The minimum Gasteiger partial charge on any atom is -0.458 e. The molecule has 1 saturated carbocycles. The van der Waals surface area contributed by atoms with Gasteiger partial charge in [0.15, 0.2) is 0 Å². The maximum atomic E-state index is 13.9. The number of carbonyl (C=O) groups is 3. The molecule has 2 amide bonds. The zero-order chi connectivity index (χ0) is 24.6. The molecule has 8 nitrogen and oxygen atoms in total. The Morgan fingerprint density at radius 1 is 1.03 bits per heavy atom. The summed E-state index contributed by atoms with van der Waals surface area (Å²) in [7, 11) is 0. The number of fused-ring (bicyclic) bond motifs is 5. The molecule has 1 unspecified atom stereocenters. The van der Waals surface area contributed by atoms with Crippen molar-refractivity contribution >= 4 is 34.4 Å². The van der Waals surface area contributed by atoms with Gasteiger partial charge < -0.3 is 14.1 Å². The number of ether oxygens (including phenoxy) is 1. The molecule has 0 spiro atoms. The van der Waals surface area contributed by atoms with Crippen molar-refractivity contribution in [3.05, 3.63) is 75.1 Å². The molecule has 1 saturated heterocycles. The van der Waals surface area contributed by atoms with Gasteiger partial charge in [-0.25, -0.2) is 9.59 Å². The van der Waals surface area contributed by atoms with Gasteiger partial charge in [0.2, 0.25) is 11.6 Å². The van der Waals surface area contributed by atoms with E-state index in [9.17, 15) is 19.2 Å². The van der Waals surface area contributed by atoms with Crippen LogP contribution in [0.3, 0.4) is 0 Å². The highest BCUT2D eigenvalue weighted by Gasteiger charge is 2.64. The lowest BCUT2D eigenvalue weighted by atomic mass is 9.96. The Labute approximate surface area is 206 Å². The standard InChI is InChI=1S/C28H24N2O6/c31-24-10-11-28(29(19-8-9-19)26(33)20-6-1-2-7-22(20)30(24)28)27(34)35-15-18-14-25(32)36-23-13-17-5-3-4-16(17)12-21(18)23/h1-2,6-7,12-14,19H,3-5,8-11,15H2. The molecule has 36 heavy (non-hydrogen) atoms. The summed E-state index contributed by atoms with van der Waals surface area (Å²) >= 11 is 0. The number of rotatable bonds is 4. The highest BCUT2D eigenvalue weighted by Crippen LogP contribution is 2.49. The average molecular weight is 485 g/mol. The molecule has 0 radical (unpaired) electrons. The highest BCUT2D eigenvalue weighted by molar-refractivity contribution is 6.15. The molecule has 1 atom stereocenters. The maximum Gasteiger partial charge on any atom is 0.354 e. The van der Waals surface area contributed by atoms with E-state index in [1.807, 2.05) is 12.1 Å². The first kappa shape index (κ1) is 21.4. The van der Waals surface area contributed by atoms with Crippen LogP contribution in [0.5, 0.6) is 0 Å². The van der Waals surface area contributed by atoms with E-state index in [0.717, 1.165) is 37.5 Å². The number of nitrogens with zero attached hydrogens (tertiary/aromatic N) is 2. The van der Waals surface area contributed by atoms with Crippen molar-refractivity contribution in [1.82, 2.24) is 4.90 Å². The van der Waals surface area contributed by atoms with Crippen LogP contribution in [0.2, 0.25) is 0 Å². The predicted molar refractivity (Wildman–Crippen MR) is 129 cm³/mol. The van der Waals surface area contributed by atoms with E-state index in [4.69, 9.17) is 9.15 Å². The molecule has 3 aromatic rings. The van der Waals surface area contributed by atoms with Crippen molar-refractivity contribution < 1.29 is 23.5 Å². The first-order valence-electron chi connectivity index (χ1n) is 12.5. The Hall–Kier alpha value is -3.94. The van der Waals surface area contributed by atoms with E-state index in [1.165, 1.54) is 22.1 Å². The van der Waals surface area contributed by atoms with E-state index in [0.29, 0.717) is 22.4 Å². The fourth-order valence-corrected chi connectivity index (χ4v) is 6.19. The van der Waals surface area contributed by atoms with Crippen molar-refractivity contribution in [3.8, 4) is 0 Å². The molecule has 4 aliphatic rings. The van der Waals surface area contributed by atoms with Gasteiger partial charge in [0.1, 0.15) is 12.2 Å². The van der Waals surface area contributed by atoms with Crippen LogP contribution >= 0.6 is 0 Å². The minimum atomic E-state index is -1.51. The Morgan fingerprint density at radius 2 is 1.81 bits per heavy atom. The van der Waals surface area contributed by atoms with Gasteiger partial charge in [-0.2, -0.15) is 0 Å². The van der Waals surface area contributed by atoms with Gasteiger partial charge in [0.05, 0.1) is 11.3 Å². The summed E-state index contributed by atoms with van der Waals surface area (Å²) in [6.45, 7) is -0.155. The van der Waals surface area contributed by atoms with Crippen LogP contribution in [0.25, 0.3) is 11.0 Å². The summed E-state index contributed by atoms with van der Waals surface area (Å²) in [5, 5.41) is 0.740. The van der Waals surface area contributed by atoms with Crippen LogP contribution in [0.15, 0.2) is 51.7 Å². The molecular weight excluding hydrogens is 460 g/mol. The Balaban J connectivity index is 1.28. The molecule has 7 rings (SSSR count). The molecule has 2 aromatic carbocycles. The van der Waals surface area contributed by atoms with E-state index < -0.39 is 17.3 Å². The van der Waals surface area contributed by atoms with E-state index in [-0.39, 0.29) is 37.3 Å². The van der Waals surface area contributed by atoms with Crippen LogP contribution < -0.4 is 10.5 Å². The quantitative estimate of drug-likeness (QED) is 0.416. The van der Waals surface area contributed by atoms with Gasteiger partial charge >= 0.3 is 11.6 Å². The fraction of sp³-hybridized carbons (Fsp3) is 0.357. The van der Waals surface area contributed by atoms with E-state index in [2.05, 4.69) is 0 Å². The number of esters is 1. The van der Waals surface area contributed by atoms with Gasteiger partial charge in [-0.1, -0.05) is 12.1 Å². The summed E-state index contributed by atoms with van der Waals surface area (Å²) in [5.74, 6) is -1.11. The monoisotopic (exact) mass is 484 g/mol. The zero-order valence-corrected chi connectivity index (χ0v) is 19.6. The third kappa shape index (κ3) is 2.93. The smallest absolute Gasteiger partial charge is 0.354 e. The predicted octanol–water partition coefficient (Wildman–Crippen LogP) is 3.47. The summed E-state index contributed by atoms with van der Waals surface area (Å²) < 4.78 is 11.3. The van der Waals surface area contributed by atoms with E-state index in [1.54, 1.807) is 29.2 Å². The molecule has 0 bridgehead atoms. The fourth-order valence-electron chi connectivity index (χ4n) is 6.19. The number of hydrogen-bond acceptors (Lipinski definition) is 6. The molecule has 2 aliphatic carbocycles. The third-order valence-electron chi connectivity index (χ3n) is 7.94. The second-order valence-corrected chi connectivity index (χ2v) is 10.1. The second kappa shape index (κ2) is 7.53. The van der Waals surface area contributed by atoms with Crippen molar-refractivity contribution in [1.29, 1.82) is 0 Å². The SMILES string of the molecule is O=C1CCC2(C(=O)OCc3cc(=O)oc4cc5c(cc34)CCC5)N1c1ccccc1C(=O)N2C1CC1.